The van der Waals surface area contributed by atoms with Gasteiger partial charge in [-0.05, 0) is 39.4 Å². The van der Waals surface area contributed by atoms with Crippen molar-refractivity contribution in [2.24, 2.45) is 0 Å². The summed E-state index contributed by atoms with van der Waals surface area (Å²) < 4.78 is 3.84. The molecule has 3 rings (SSSR count). The Balaban J connectivity index is 1.54. The molecule has 124 valence electrons. The molecule has 23 heavy (non-hydrogen) atoms. The average molecular weight is 316 g/mol. The summed E-state index contributed by atoms with van der Waals surface area (Å²) in [5.74, 6) is 0.549. The lowest BCUT2D eigenvalue weighted by Crippen LogP contribution is -2.23. The lowest BCUT2D eigenvalue weighted by atomic mass is 9.93. The van der Waals surface area contributed by atoms with Crippen molar-refractivity contribution in [1.82, 2.24) is 24.5 Å². The van der Waals surface area contributed by atoms with Crippen LogP contribution in [0.4, 0.5) is 5.82 Å². The van der Waals surface area contributed by atoms with Gasteiger partial charge in [0.1, 0.15) is 0 Å². The molecule has 0 atom stereocenters. The topological polar surface area (TPSA) is 68.0 Å². The minimum Gasteiger partial charge on any atom is -0.309 e. The third-order valence-corrected chi connectivity index (χ3v) is 4.20. The molecule has 0 bridgehead atoms. The first-order chi connectivity index (χ1) is 11.1. The van der Waals surface area contributed by atoms with E-state index in [0.717, 1.165) is 31.6 Å². The second kappa shape index (κ2) is 6.95. The van der Waals surface area contributed by atoms with E-state index in [9.17, 15) is 4.79 Å². The number of hydrogen-bond donors (Lipinski definition) is 1. The molecular weight excluding hydrogens is 292 g/mol. The van der Waals surface area contributed by atoms with Gasteiger partial charge in [-0.3, -0.25) is 14.2 Å². The number of nitrogens with zero attached hydrogens (tertiary/aromatic N) is 5. The monoisotopic (exact) mass is 316 g/mol. The Hall–Kier alpha value is -2.15. The summed E-state index contributed by atoms with van der Waals surface area (Å²) in [6.07, 6.45) is 7.56. The summed E-state index contributed by atoms with van der Waals surface area (Å²) >= 11 is 0. The second-order valence-corrected chi connectivity index (χ2v) is 6.34. The van der Waals surface area contributed by atoms with Gasteiger partial charge in [0.05, 0.1) is 19.0 Å². The van der Waals surface area contributed by atoms with E-state index in [0.29, 0.717) is 18.3 Å². The Morgan fingerprint density at radius 3 is 2.91 bits per heavy atom. The first-order valence-corrected chi connectivity index (χ1v) is 8.12. The highest BCUT2D eigenvalue weighted by molar-refractivity contribution is 5.91. The summed E-state index contributed by atoms with van der Waals surface area (Å²) in [6.45, 7) is 1.72. The van der Waals surface area contributed by atoms with Gasteiger partial charge < -0.3 is 10.2 Å². The molecule has 0 unspecified atom stereocenters. The van der Waals surface area contributed by atoms with Gasteiger partial charge in [0, 0.05) is 30.7 Å². The maximum absolute atomic E-state index is 12.2. The maximum Gasteiger partial charge on any atom is 0.231 e. The van der Waals surface area contributed by atoms with E-state index in [2.05, 4.69) is 20.4 Å². The van der Waals surface area contributed by atoms with E-state index in [1.807, 2.05) is 41.8 Å². The fourth-order valence-corrected chi connectivity index (χ4v) is 2.65. The van der Waals surface area contributed by atoms with E-state index >= 15 is 0 Å². The fraction of sp³-hybridized carbons (Fsp3) is 0.562. The van der Waals surface area contributed by atoms with Crippen molar-refractivity contribution >= 4 is 11.7 Å². The minimum absolute atomic E-state index is 0.0519. The molecule has 2 aromatic rings. The number of anilines is 1. The molecule has 1 amide bonds. The van der Waals surface area contributed by atoms with Crippen molar-refractivity contribution in [3.8, 4) is 0 Å². The average Bonchev–Trinajstić information content (AvgIpc) is 3.05. The molecule has 1 saturated carbocycles. The standard InChI is InChI=1S/C16H24N6O/c1-20(2)10-11-21-9-7-15(19-21)18-16(23)12-14-6-8-17-22(14)13-4-3-5-13/h6-9,13H,3-5,10-12H2,1-2H3,(H,18,19,23). The minimum atomic E-state index is -0.0519. The van der Waals surface area contributed by atoms with Crippen LogP contribution < -0.4 is 5.32 Å². The van der Waals surface area contributed by atoms with Crippen molar-refractivity contribution in [2.45, 2.75) is 38.3 Å². The molecular formula is C16H24N6O. The van der Waals surface area contributed by atoms with Crippen LogP contribution in [0.25, 0.3) is 0 Å². The number of likely N-dealkylation sites (N-methyl/N-ethyl adjacent to an activating group) is 1. The molecule has 1 aliphatic carbocycles. The molecule has 7 nitrogen and oxygen atoms in total. The summed E-state index contributed by atoms with van der Waals surface area (Å²) in [5.41, 5.74) is 0.972. The number of hydrogen-bond acceptors (Lipinski definition) is 4. The number of aromatic nitrogens is 4. The Labute approximate surface area is 136 Å². The van der Waals surface area contributed by atoms with Crippen LogP contribution in [0, 0.1) is 0 Å². The van der Waals surface area contributed by atoms with Crippen molar-refractivity contribution in [3.63, 3.8) is 0 Å². The number of amides is 1. The largest absolute Gasteiger partial charge is 0.309 e. The Kier molecular flexibility index (Phi) is 4.76. The van der Waals surface area contributed by atoms with Crippen LogP contribution in [0.15, 0.2) is 24.5 Å². The van der Waals surface area contributed by atoms with Gasteiger partial charge in [0.15, 0.2) is 5.82 Å². The Morgan fingerprint density at radius 1 is 1.39 bits per heavy atom. The van der Waals surface area contributed by atoms with Gasteiger partial charge >= 0.3 is 0 Å². The maximum atomic E-state index is 12.2. The molecule has 0 aromatic carbocycles. The van der Waals surface area contributed by atoms with E-state index in [1.165, 1.54) is 6.42 Å². The summed E-state index contributed by atoms with van der Waals surface area (Å²) in [6, 6.07) is 4.22. The Bertz CT molecular complexity index is 655. The molecule has 0 aliphatic heterocycles. The van der Waals surface area contributed by atoms with Crippen LogP contribution in [-0.2, 0) is 17.8 Å². The molecule has 7 heteroatoms. The van der Waals surface area contributed by atoms with E-state index in [1.54, 1.807) is 6.20 Å². The van der Waals surface area contributed by atoms with Crippen LogP contribution in [0.5, 0.6) is 0 Å². The molecule has 1 N–H and O–H groups in total. The first-order valence-electron chi connectivity index (χ1n) is 8.12. The number of carbonyl (C=O) groups excluding carboxylic acids is 1. The van der Waals surface area contributed by atoms with Crippen LogP contribution in [0.3, 0.4) is 0 Å². The van der Waals surface area contributed by atoms with Crippen molar-refractivity contribution in [2.75, 3.05) is 26.0 Å². The number of carbonyl (C=O) groups is 1. The van der Waals surface area contributed by atoms with Crippen molar-refractivity contribution < 1.29 is 4.79 Å². The Morgan fingerprint density at radius 2 is 2.22 bits per heavy atom. The molecule has 0 radical (unpaired) electrons. The van der Waals surface area contributed by atoms with Crippen molar-refractivity contribution in [3.05, 3.63) is 30.2 Å². The lowest BCUT2D eigenvalue weighted by Gasteiger charge is -2.27. The van der Waals surface area contributed by atoms with E-state index < -0.39 is 0 Å². The van der Waals surface area contributed by atoms with E-state index in [-0.39, 0.29) is 5.91 Å². The number of nitrogens with one attached hydrogen (secondary N) is 1. The third kappa shape index (κ3) is 3.98. The zero-order valence-electron chi connectivity index (χ0n) is 13.8. The highest BCUT2D eigenvalue weighted by atomic mass is 16.1. The third-order valence-electron chi connectivity index (χ3n) is 4.20. The molecule has 2 heterocycles. The van der Waals surface area contributed by atoms with Crippen LogP contribution in [-0.4, -0.2) is 51.0 Å². The lowest BCUT2D eigenvalue weighted by molar-refractivity contribution is -0.115. The molecule has 1 fully saturated rings. The molecule has 0 spiro atoms. The summed E-state index contributed by atoms with van der Waals surface area (Å²) in [5, 5.41) is 11.6. The summed E-state index contributed by atoms with van der Waals surface area (Å²) in [7, 11) is 4.05. The zero-order chi connectivity index (χ0) is 16.2. The normalized spacial score (nSPS) is 14.9. The highest BCUT2D eigenvalue weighted by Gasteiger charge is 2.22. The first kappa shape index (κ1) is 15.7. The van der Waals surface area contributed by atoms with Gasteiger partial charge in [-0.25, -0.2) is 0 Å². The zero-order valence-corrected chi connectivity index (χ0v) is 13.8. The highest BCUT2D eigenvalue weighted by Crippen LogP contribution is 2.31. The second-order valence-electron chi connectivity index (χ2n) is 6.34. The predicted molar refractivity (Wildman–Crippen MR) is 88.2 cm³/mol. The molecule has 1 aliphatic rings. The van der Waals surface area contributed by atoms with Crippen LogP contribution in [0.1, 0.15) is 31.0 Å². The van der Waals surface area contributed by atoms with Crippen LogP contribution in [0.2, 0.25) is 0 Å². The van der Waals surface area contributed by atoms with Gasteiger partial charge in [-0.1, -0.05) is 0 Å². The van der Waals surface area contributed by atoms with Crippen molar-refractivity contribution in [1.29, 1.82) is 0 Å². The smallest absolute Gasteiger partial charge is 0.231 e. The summed E-state index contributed by atoms with van der Waals surface area (Å²) in [4.78, 5) is 14.3. The van der Waals surface area contributed by atoms with Gasteiger partial charge in [-0.2, -0.15) is 10.2 Å². The van der Waals surface area contributed by atoms with Gasteiger partial charge in [0.25, 0.3) is 0 Å². The number of rotatable bonds is 7. The van der Waals surface area contributed by atoms with Crippen LogP contribution >= 0.6 is 0 Å². The van der Waals surface area contributed by atoms with E-state index in [4.69, 9.17) is 0 Å². The van der Waals surface area contributed by atoms with Gasteiger partial charge in [0.2, 0.25) is 5.91 Å². The molecule has 2 aromatic heterocycles. The molecule has 0 saturated heterocycles. The van der Waals surface area contributed by atoms with Gasteiger partial charge in [-0.15, -0.1) is 0 Å². The predicted octanol–water partition coefficient (Wildman–Crippen LogP) is 1.55. The fourth-order valence-electron chi connectivity index (χ4n) is 2.65. The SMILES string of the molecule is CN(C)CCn1ccc(NC(=O)Cc2ccnn2C2CCC2)n1. The quantitative estimate of drug-likeness (QED) is 0.841.